The molecule has 0 saturated heterocycles. The summed E-state index contributed by atoms with van der Waals surface area (Å²) in [5.41, 5.74) is 0. The van der Waals surface area contributed by atoms with Gasteiger partial charge in [0.05, 0.1) is 18.8 Å². The van der Waals surface area contributed by atoms with Crippen LogP contribution >= 0.6 is 7.60 Å². The van der Waals surface area contributed by atoms with Gasteiger partial charge in [-0.1, -0.05) is 19.3 Å². The van der Waals surface area contributed by atoms with E-state index in [0.29, 0.717) is 6.61 Å². The van der Waals surface area contributed by atoms with E-state index in [1.54, 1.807) is 13.8 Å². The van der Waals surface area contributed by atoms with Gasteiger partial charge in [-0.25, -0.2) is 9.36 Å². The molecule has 0 aliphatic heterocycles. The Balaban J connectivity index is 2.48. The molecule has 5 nitrogen and oxygen atoms in total. The molecule has 1 fully saturated rings. The molecule has 0 radical (unpaired) electrons. The lowest BCUT2D eigenvalue weighted by Crippen LogP contribution is -2.15. The number of allylic oxidation sites excluding steroid dienone is 1. The largest absolute Gasteiger partial charge is 0.463 e. The molecule has 0 N–H and O–H groups in total. The minimum atomic E-state index is -3.17. The fourth-order valence-electron chi connectivity index (χ4n) is 2.10. The fourth-order valence-corrected chi connectivity index (χ4v) is 3.47. The maximum absolute atomic E-state index is 12.2. The second kappa shape index (κ2) is 7.71. The number of esters is 1. The molecule has 6 heteroatoms. The first-order valence-electron chi connectivity index (χ1n) is 6.73. The predicted molar refractivity (Wildman–Crippen MR) is 73.0 cm³/mol. The Labute approximate surface area is 114 Å². The summed E-state index contributed by atoms with van der Waals surface area (Å²) in [6.45, 7) is 5.02. The van der Waals surface area contributed by atoms with Crippen LogP contribution in [0.5, 0.6) is 0 Å². The molecule has 0 heterocycles. The van der Waals surface area contributed by atoms with Gasteiger partial charge in [-0.3, -0.25) is 4.52 Å². The summed E-state index contributed by atoms with van der Waals surface area (Å²) in [4.78, 5) is 11.2. The lowest BCUT2D eigenvalue weighted by Gasteiger charge is -2.25. The van der Waals surface area contributed by atoms with Gasteiger partial charge in [0, 0.05) is 6.66 Å². The Morgan fingerprint density at radius 1 is 1.32 bits per heavy atom. The third kappa shape index (κ3) is 6.79. The average molecular weight is 290 g/mol. The van der Waals surface area contributed by atoms with Crippen molar-refractivity contribution < 1.29 is 23.1 Å². The van der Waals surface area contributed by atoms with Gasteiger partial charge in [-0.2, -0.15) is 0 Å². The summed E-state index contributed by atoms with van der Waals surface area (Å²) >= 11 is 0. The zero-order valence-electron chi connectivity index (χ0n) is 11.9. The Hall–Kier alpha value is -0.800. The van der Waals surface area contributed by atoms with Crippen molar-refractivity contribution >= 4 is 13.6 Å². The highest BCUT2D eigenvalue weighted by molar-refractivity contribution is 7.53. The minimum absolute atomic E-state index is 0.0000216. The van der Waals surface area contributed by atoms with Crippen molar-refractivity contribution in [3.05, 3.63) is 11.8 Å². The van der Waals surface area contributed by atoms with Gasteiger partial charge in [-0.05, 0) is 26.7 Å². The van der Waals surface area contributed by atoms with Gasteiger partial charge in [0.15, 0.2) is 0 Å². The van der Waals surface area contributed by atoms with Crippen molar-refractivity contribution in [1.29, 1.82) is 0 Å². The molecule has 1 saturated carbocycles. The van der Waals surface area contributed by atoms with E-state index in [1.807, 2.05) is 0 Å². The normalized spacial score (nSPS) is 20.7. The average Bonchev–Trinajstić information content (AvgIpc) is 2.28. The van der Waals surface area contributed by atoms with Crippen LogP contribution < -0.4 is 0 Å². The summed E-state index contributed by atoms with van der Waals surface area (Å²) in [6.07, 6.45) is 6.43. The van der Waals surface area contributed by atoms with E-state index in [0.717, 1.165) is 25.7 Å². The van der Waals surface area contributed by atoms with Crippen molar-refractivity contribution in [2.24, 2.45) is 0 Å². The van der Waals surface area contributed by atoms with Crippen LogP contribution in [0.1, 0.15) is 46.0 Å². The van der Waals surface area contributed by atoms with Crippen molar-refractivity contribution in [1.82, 2.24) is 0 Å². The van der Waals surface area contributed by atoms with E-state index in [9.17, 15) is 9.36 Å². The molecule has 0 bridgehead atoms. The van der Waals surface area contributed by atoms with Crippen LogP contribution in [0, 0.1) is 0 Å². The number of hydrogen-bond donors (Lipinski definition) is 0. The molecular formula is C13H23O5P. The van der Waals surface area contributed by atoms with Crippen LogP contribution in [0.3, 0.4) is 0 Å². The summed E-state index contributed by atoms with van der Waals surface area (Å²) in [7, 11) is -3.17. The maximum Gasteiger partial charge on any atom is 0.376 e. The molecule has 0 aromatic rings. The standard InChI is InChI=1S/C13H23O5P/c1-4-16-13(14)10-11(2)17-19(3,15)18-12-8-6-5-7-9-12/h10,12H,4-9H2,1-3H3. The molecule has 1 unspecified atom stereocenters. The number of carbonyl (C=O) groups excluding carboxylic acids is 1. The van der Waals surface area contributed by atoms with Crippen LogP contribution in [0.25, 0.3) is 0 Å². The van der Waals surface area contributed by atoms with Crippen LogP contribution in [-0.2, 0) is 23.1 Å². The van der Waals surface area contributed by atoms with Gasteiger partial charge >= 0.3 is 13.6 Å². The molecule has 1 rings (SSSR count). The Morgan fingerprint density at radius 3 is 2.53 bits per heavy atom. The summed E-state index contributed by atoms with van der Waals surface area (Å²) in [5.74, 6) is -0.252. The number of hydrogen-bond acceptors (Lipinski definition) is 5. The lowest BCUT2D eigenvalue weighted by molar-refractivity contribution is -0.137. The lowest BCUT2D eigenvalue weighted by atomic mass is 9.98. The van der Waals surface area contributed by atoms with Crippen molar-refractivity contribution in [2.45, 2.75) is 52.1 Å². The second-order valence-electron chi connectivity index (χ2n) is 4.74. The Bertz CT molecular complexity index is 371. The Kier molecular flexibility index (Phi) is 6.59. The maximum atomic E-state index is 12.2. The summed E-state index contributed by atoms with van der Waals surface area (Å²) in [5, 5.41) is 0. The van der Waals surface area contributed by atoms with E-state index >= 15 is 0 Å². The first kappa shape index (κ1) is 16.3. The quantitative estimate of drug-likeness (QED) is 0.323. The molecule has 0 aromatic heterocycles. The fraction of sp³-hybridized carbons (Fsp3) is 0.769. The first-order valence-corrected chi connectivity index (χ1v) is 8.72. The highest BCUT2D eigenvalue weighted by Crippen LogP contribution is 2.49. The van der Waals surface area contributed by atoms with Crippen LogP contribution in [-0.4, -0.2) is 25.3 Å². The van der Waals surface area contributed by atoms with E-state index in [1.165, 1.54) is 19.2 Å². The highest BCUT2D eigenvalue weighted by Gasteiger charge is 2.26. The molecule has 0 amide bonds. The predicted octanol–water partition coefficient (Wildman–Crippen LogP) is 3.64. The van der Waals surface area contributed by atoms with Gasteiger partial charge in [-0.15, -0.1) is 0 Å². The smallest absolute Gasteiger partial charge is 0.376 e. The van der Waals surface area contributed by atoms with Gasteiger partial charge in [0.2, 0.25) is 0 Å². The molecule has 1 aliphatic carbocycles. The molecule has 1 aliphatic rings. The van der Waals surface area contributed by atoms with E-state index in [2.05, 4.69) is 0 Å². The highest BCUT2D eigenvalue weighted by atomic mass is 31.2. The van der Waals surface area contributed by atoms with Crippen molar-refractivity contribution in [3.8, 4) is 0 Å². The molecule has 0 aromatic carbocycles. The summed E-state index contributed by atoms with van der Waals surface area (Å²) < 4.78 is 27.7. The monoisotopic (exact) mass is 290 g/mol. The van der Waals surface area contributed by atoms with E-state index in [-0.39, 0.29) is 11.9 Å². The summed E-state index contributed by atoms with van der Waals surface area (Å²) in [6, 6.07) is 0. The van der Waals surface area contributed by atoms with Crippen LogP contribution in [0.4, 0.5) is 0 Å². The van der Waals surface area contributed by atoms with Crippen molar-refractivity contribution in [2.75, 3.05) is 13.3 Å². The van der Waals surface area contributed by atoms with E-state index < -0.39 is 13.6 Å². The molecule has 0 spiro atoms. The third-order valence-corrected chi connectivity index (χ3v) is 4.11. The molecule has 1 atom stereocenters. The van der Waals surface area contributed by atoms with Crippen LogP contribution in [0.2, 0.25) is 0 Å². The second-order valence-corrected chi connectivity index (χ2v) is 6.67. The zero-order chi connectivity index (χ0) is 14.3. The topological polar surface area (TPSA) is 61.8 Å². The van der Waals surface area contributed by atoms with Gasteiger partial charge in [0.1, 0.15) is 5.76 Å². The van der Waals surface area contributed by atoms with Crippen molar-refractivity contribution in [3.63, 3.8) is 0 Å². The van der Waals surface area contributed by atoms with Gasteiger partial charge < -0.3 is 9.26 Å². The molecule has 19 heavy (non-hydrogen) atoms. The van der Waals surface area contributed by atoms with E-state index in [4.69, 9.17) is 13.8 Å². The number of ether oxygens (including phenoxy) is 1. The minimum Gasteiger partial charge on any atom is -0.463 e. The molecular weight excluding hydrogens is 267 g/mol. The number of carbonyl (C=O) groups is 1. The molecule has 110 valence electrons. The Morgan fingerprint density at radius 2 is 1.95 bits per heavy atom. The first-order chi connectivity index (χ1) is 8.93. The zero-order valence-corrected chi connectivity index (χ0v) is 12.8. The number of rotatable bonds is 6. The third-order valence-electron chi connectivity index (χ3n) is 2.81. The van der Waals surface area contributed by atoms with Gasteiger partial charge in [0.25, 0.3) is 0 Å². The van der Waals surface area contributed by atoms with Crippen LogP contribution in [0.15, 0.2) is 11.8 Å². The SMILES string of the molecule is CCOC(=O)C=C(C)OP(C)(=O)OC1CCCCC1.